The highest BCUT2D eigenvalue weighted by molar-refractivity contribution is 5.82. The van der Waals surface area contributed by atoms with Gasteiger partial charge in [-0.15, -0.1) is 0 Å². The number of amides is 2. The van der Waals surface area contributed by atoms with Gasteiger partial charge in [-0.1, -0.05) is 30.3 Å². The van der Waals surface area contributed by atoms with Gasteiger partial charge in [-0.05, 0) is 51.0 Å². The highest BCUT2D eigenvalue weighted by Crippen LogP contribution is 2.37. The third kappa shape index (κ3) is 5.61. The van der Waals surface area contributed by atoms with E-state index in [0.29, 0.717) is 39.1 Å². The maximum absolute atomic E-state index is 12.9. The maximum Gasteiger partial charge on any atom is 0.313 e. The van der Waals surface area contributed by atoms with Crippen LogP contribution in [0.2, 0.25) is 0 Å². The summed E-state index contributed by atoms with van der Waals surface area (Å²) in [6.45, 7) is 4.51. The van der Waals surface area contributed by atoms with Crippen molar-refractivity contribution in [1.29, 1.82) is 0 Å². The average molecular weight is 415 g/mol. The molecule has 2 saturated heterocycles. The predicted molar refractivity (Wildman–Crippen MR) is 115 cm³/mol. The van der Waals surface area contributed by atoms with Gasteiger partial charge in [0.15, 0.2) is 0 Å². The molecular weight excluding hydrogens is 380 g/mol. The number of carbonyl (C=O) groups excluding carboxylic acids is 3. The Balaban J connectivity index is 1.60. The predicted octanol–water partition coefficient (Wildman–Crippen LogP) is 3.19. The van der Waals surface area contributed by atoms with Crippen LogP contribution in [0.3, 0.4) is 0 Å². The SMILES string of the molecule is CCOC(=O)[C@]1(CCCc2ccccc2)CCCN(C(=O)CCN2CCCC2=O)C1. The monoisotopic (exact) mass is 414 g/mol. The van der Waals surface area contributed by atoms with Crippen molar-refractivity contribution < 1.29 is 19.1 Å². The van der Waals surface area contributed by atoms with Crippen molar-refractivity contribution in [2.75, 3.05) is 32.8 Å². The molecule has 2 amide bonds. The second-order valence-corrected chi connectivity index (χ2v) is 8.49. The summed E-state index contributed by atoms with van der Waals surface area (Å²) in [5.74, 6) is -0.000332. The molecule has 0 saturated carbocycles. The fraction of sp³-hybridized carbons (Fsp3) is 0.625. The lowest BCUT2D eigenvalue weighted by molar-refractivity contribution is -0.161. The number of rotatable bonds is 9. The zero-order valence-corrected chi connectivity index (χ0v) is 18.1. The fourth-order valence-electron chi connectivity index (χ4n) is 4.71. The lowest BCUT2D eigenvalue weighted by Crippen LogP contribution is -2.51. The van der Waals surface area contributed by atoms with Gasteiger partial charge in [0.25, 0.3) is 0 Å². The standard InChI is InChI=1S/C24H34N2O4/c1-2-30-23(29)24(14-6-11-20-9-4-3-5-10-20)15-8-17-26(19-24)22(28)13-18-25-16-7-12-21(25)27/h3-5,9-10H,2,6-8,11-19H2,1H3/t24-/m1/s1. The molecule has 0 aromatic heterocycles. The number of esters is 1. The van der Waals surface area contributed by atoms with Crippen LogP contribution in [0.15, 0.2) is 30.3 Å². The molecular formula is C24H34N2O4. The van der Waals surface area contributed by atoms with Gasteiger partial charge in [0, 0.05) is 39.0 Å². The largest absolute Gasteiger partial charge is 0.466 e. The molecule has 0 radical (unpaired) electrons. The van der Waals surface area contributed by atoms with Crippen molar-refractivity contribution in [2.45, 2.75) is 58.3 Å². The molecule has 0 spiro atoms. The minimum atomic E-state index is -0.623. The molecule has 6 heteroatoms. The van der Waals surface area contributed by atoms with Crippen molar-refractivity contribution in [3.63, 3.8) is 0 Å². The number of nitrogens with zero attached hydrogens (tertiary/aromatic N) is 2. The highest BCUT2D eigenvalue weighted by atomic mass is 16.5. The van der Waals surface area contributed by atoms with Gasteiger partial charge in [0.1, 0.15) is 0 Å². The fourth-order valence-corrected chi connectivity index (χ4v) is 4.71. The number of aryl methyl sites for hydroxylation is 1. The molecule has 2 fully saturated rings. The van der Waals surface area contributed by atoms with Crippen LogP contribution < -0.4 is 0 Å². The summed E-state index contributed by atoms with van der Waals surface area (Å²) in [4.78, 5) is 41.2. The minimum absolute atomic E-state index is 0.0335. The molecule has 2 aliphatic heterocycles. The lowest BCUT2D eigenvalue weighted by Gasteiger charge is -2.41. The van der Waals surface area contributed by atoms with Crippen molar-refractivity contribution >= 4 is 17.8 Å². The number of carbonyl (C=O) groups is 3. The first-order valence-corrected chi connectivity index (χ1v) is 11.3. The third-order valence-corrected chi connectivity index (χ3v) is 6.37. The zero-order chi connectivity index (χ0) is 21.4. The molecule has 0 aliphatic carbocycles. The van der Waals surface area contributed by atoms with Gasteiger partial charge in [-0.25, -0.2) is 0 Å². The smallest absolute Gasteiger partial charge is 0.313 e. The van der Waals surface area contributed by atoms with Crippen molar-refractivity contribution in [2.24, 2.45) is 5.41 Å². The Morgan fingerprint density at radius 3 is 2.63 bits per heavy atom. The summed E-state index contributed by atoms with van der Waals surface area (Å²) in [7, 11) is 0. The Morgan fingerprint density at radius 2 is 1.93 bits per heavy atom. The number of hydrogen-bond acceptors (Lipinski definition) is 4. The van der Waals surface area contributed by atoms with Gasteiger partial charge < -0.3 is 14.5 Å². The van der Waals surface area contributed by atoms with Crippen LogP contribution >= 0.6 is 0 Å². The highest BCUT2D eigenvalue weighted by Gasteiger charge is 2.44. The number of piperidine rings is 1. The summed E-state index contributed by atoms with van der Waals surface area (Å²) in [5.41, 5.74) is 0.637. The molecule has 0 N–H and O–H groups in total. The first kappa shape index (κ1) is 22.3. The van der Waals surface area contributed by atoms with Gasteiger partial charge in [0.05, 0.1) is 12.0 Å². The van der Waals surface area contributed by atoms with E-state index in [4.69, 9.17) is 4.74 Å². The van der Waals surface area contributed by atoms with Crippen LogP contribution in [0.5, 0.6) is 0 Å². The van der Waals surface area contributed by atoms with Crippen LogP contribution in [-0.2, 0) is 25.5 Å². The summed E-state index contributed by atoms with van der Waals surface area (Å²) >= 11 is 0. The molecule has 30 heavy (non-hydrogen) atoms. The van der Waals surface area contributed by atoms with Crippen molar-refractivity contribution in [3.05, 3.63) is 35.9 Å². The molecule has 1 atom stereocenters. The molecule has 0 bridgehead atoms. The Morgan fingerprint density at radius 1 is 1.13 bits per heavy atom. The number of hydrogen-bond donors (Lipinski definition) is 0. The van der Waals surface area contributed by atoms with E-state index in [1.807, 2.05) is 30.0 Å². The molecule has 6 nitrogen and oxygen atoms in total. The van der Waals surface area contributed by atoms with Crippen molar-refractivity contribution in [1.82, 2.24) is 9.80 Å². The van der Waals surface area contributed by atoms with Crippen LogP contribution in [0.1, 0.15) is 57.4 Å². The second kappa shape index (κ2) is 10.6. The minimum Gasteiger partial charge on any atom is -0.466 e. The first-order valence-electron chi connectivity index (χ1n) is 11.3. The van der Waals surface area contributed by atoms with E-state index in [2.05, 4.69) is 12.1 Å². The Labute approximate surface area is 179 Å². The molecule has 3 rings (SSSR count). The maximum atomic E-state index is 12.9. The summed E-state index contributed by atoms with van der Waals surface area (Å²) in [6, 6.07) is 10.3. The third-order valence-electron chi connectivity index (χ3n) is 6.37. The van der Waals surface area contributed by atoms with Crippen LogP contribution in [0, 0.1) is 5.41 Å². The normalized spacial score (nSPS) is 21.7. The van der Waals surface area contributed by atoms with Crippen LogP contribution in [0.25, 0.3) is 0 Å². The second-order valence-electron chi connectivity index (χ2n) is 8.49. The van der Waals surface area contributed by atoms with Crippen LogP contribution in [0.4, 0.5) is 0 Å². The van der Waals surface area contributed by atoms with E-state index in [-0.39, 0.29) is 17.8 Å². The van der Waals surface area contributed by atoms with E-state index < -0.39 is 5.41 Å². The number of likely N-dealkylation sites (tertiary alicyclic amines) is 2. The molecule has 0 unspecified atom stereocenters. The molecule has 1 aromatic rings. The van der Waals surface area contributed by atoms with E-state index in [0.717, 1.165) is 45.1 Å². The van der Waals surface area contributed by atoms with Gasteiger partial charge in [0.2, 0.25) is 11.8 Å². The van der Waals surface area contributed by atoms with Gasteiger partial charge in [-0.3, -0.25) is 14.4 Å². The van der Waals surface area contributed by atoms with E-state index >= 15 is 0 Å². The van der Waals surface area contributed by atoms with Crippen molar-refractivity contribution in [3.8, 4) is 0 Å². The Bertz CT molecular complexity index is 736. The lowest BCUT2D eigenvalue weighted by atomic mass is 9.75. The van der Waals surface area contributed by atoms with Crippen LogP contribution in [-0.4, -0.2) is 60.4 Å². The van der Waals surface area contributed by atoms with Gasteiger partial charge in [-0.2, -0.15) is 0 Å². The quantitative estimate of drug-likeness (QED) is 0.582. The Kier molecular flexibility index (Phi) is 7.88. The Hall–Kier alpha value is -2.37. The molecule has 2 aliphatic rings. The van der Waals surface area contributed by atoms with E-state index in [9.17, 15) is 14.4 Å². The molecule has 2 heterocycles. The number of benzene rings is 1. The molecule has 164 valence electrons. The zero-order valence-electron chi connectivity index (χ0n) is 18.1. The summed E-state index contributed by atoms with van der Waals surface area (Å²) < 4.78 is 5.44. The first-order chi connectivity index (χ1) is 14.5. The van der Waals surface area contributed by atoms with E-state index in [1.54, 1.807) is 4.90 Å². The topological polar surface area (TPSA) is 66.9 Å². The average Bonchev–Trinajstić information content (AvgIpc) is 3.18. The summed E-state index contributed by atoms with van der Waals surface area (Å²) in [5, 5.41) is 0. The number of ether oxygens (including phenoxy) is 1. The van der Waals surface area contributed by atoms with E-state index in [1.165, 1.54) is 5.56 Å². The van der Waals surface area contributed by atoms with Gasteiger partial charge >= 0.3 is 5.97 Å². The molecule has 1 aromatic carbocycles. The summed E-state index contributed by atoms with van der Waals surface area (Å²) in [6.07, 6.45) is 5.87.